The Labute approximate surface area is 162 Å². The Hall–Kier alpha value is -1.59. The predicted molar refractivity (Wildman–Crippen MR) is 110 cm³/mol. The number of fused-ring (bicyclic) bond motifs is 2. The van der Waals surface area contributed by atoms with Crippen molar-refractivity contribution >= 4 is 23.8 Å². The van der Waals surface area contributed by atoms with E-state index in [1.807, 2.05) is 0 Å². The van der Waals surface area contributed by atoms with Gasteiger partial charge < -0.3 is 15.1 Å². The van der Waals surface area contributed by atoms with Crippen LogP contribution in [0, 0.1) is 0 Å². The molecule has 0 saturated carbocycles. The molecule has 5 heteroatoms. The number of benzene rings is 2. The molecule has 1 heterocycles. The molecule has 2 aromatic carbocycles. The minimum Gasteiger partial charge on any atom is -0.395 e. The van der Waals surface area contributed by atoms with E-state index in [0.29, 0.717) is 13.1 Å². The molecule has 142 valence electrons. The fourth-order valence-electron chi connectivity index (χ4n) is 3.68. The number of anilines is 2. The van der Waals surface area contributed by atoms with Crippen molar-refractivity contribution in [2.75, 3.05) is 44.3 Å². The van der Waals surface area contributed by atoms with E-state index in [2.05, 4.69) is 58.3 Å². The van der Waals surface area contributed by atoms with Gasteiger partial charge in [0.1, 0.15) is 0 Å². The Bertz CT molecular complexity index is 627. The normalized spacial score (nSPS) is 13.0. The van der Waals surface area contributed by atoms with Crippen LogP contribution >= 0.6 is 12.4 Å². The molecule has 1 aliphatic heterocycles. The van der Waals surface area contributed by atoms with E-state index in [1.165, 1.54) is 22.5 Å². The molecule has 1 aliphatic rings. The average molecular weight is 377 g/mol. The van der Waals surface area contributed by atoms with Crippen LogP contribution in [-0.4, -0.2) is 54.5 Å². The molecule has 0 spiro atoms. The lowest BCUT2D eigenvalue weighted by Gasteiger charge is -2.28. The quantitative estimate of drug-likeness (QED) is 0.743. The van der Waals surface area contributed by atoms with Crippen LogP contribution in [0.3, 0.4) is 0 Å². The second-order valence-electron chi connectivity index (χ2n) is 6.55. The Balaban J connectivity index is 0.00000243. The topological polar surface area (TPSA) is 46.9 Å². The molecular formula is C21H29ClN2O2. The highest BCUT2D eigenvalue weighted by molar-refractivity contribution is 5.85. The Morgan fingerprint density at radius 2 is 1.27 bits per heavy atom. The van der Waals surface area contributed by atoms with E-state index in [0.717, 1.165) is 32.4 Å². The second-order valence-corrected chi connectivity index (χ2v) is 6.55. The van der Waals surface area contributed by atoms with Crippen LogP contribution in [0.15, 0.2) is 48.5 Å². The van der Waals surface area contributed by atoms with Crippen molar-refractivity contribution in [2.24, 2.45) is 0 Å². The molecule has 2 N–H and O–H groups in total. The van der Waals surface area contributed by atoms with Gasteiger partial charge in [0.05, 0.1) is 13.2 Å². The number of hydrogen-bond donors (Lipinski definition) is 2. The summed E-state index contributed by atoms with van der Waals surface area (Å²) in [6, 6.07) is 17.4. The molecule has 26 heavy (non-hydrogen) atoms. The monoisotopic (exact) mass is 376 g/mol. The molecule has 3 rings (SSSR count). The number of nitrogens with zero attached hydrogens (tertiary/aromatic N) is 2. The molecule has 0 unspecified atom stereocenters. The third-order valence-corrected chi connectivity index (χ3v) is 4.92. The molecule has 0 fully saturated rings. The van der Waals surface area contributed by atoms with E-state index < -0.39 is 0 Å². The van der Waals surface area contributed by atoms with Crippen molar-refractivity contribution < 1.29 is 10.2 Å². The lowest BCUT2D eigenvalue weighted by Crippen LogP contribution is -2.33. The number of hydrogen-bond acceptors (Lipinski definition) is 4. The van der Waals surface area contributed by atoms with Crippen LogP contribution in [0.1, 0.15) is 17.5 Å². The molecule has 0 radical (unpaired) electrons. The molecule has 0 aromatic heterocycles. The Morgan fingerprint density at radius 3 is 1.77 bits per heavy atom. The van der Waals surface area contributed by atoms with E-state index in [4.69, 9.17) is 0 Å². The van der Waals surface area contributed by atoms with Crippen molar-refractivity contribution in [2.45, 2.75) is 19.3 Å². The third kappa shape index (κ3) is 4.98. The minimum atomic E-state index is 0. The van der Waals surface area contributed by atoms with Gasteiger partial charge in [-0.3, -0.25) is 4.90 Å². The summed E-state index contributed by atoms with van der Waals surface area (Å²) < 4.78 is 0. The molecule has 4 nitrogen and oxygen atoms in total. The predicted octanol–water partition coefficient (Wildman–Crippen LogP) is 3.02. The highest BCUT2D eigenvalue weighted by Crippen LogP contribution is 2.35. The van der Waals surface area contributed by atoms with Gasteiger partial charge in [0.15, 0.2) is 0 Å². The highest BCUT2D eigenvalue weighted by atomic mass is 35.5. The maximum absolute atomic E-state index is 9.18. The Morgan fingerprint density at radius 1 is 0.769 bits per heavy atom. The van der Waals surface area contributed by atoms with Gasteiger partial charge in [-0.1, -0.05) is 36.4 Å². The first kappa shape index (κ1) is 20.7. The third-order valence-electron chi connectivity index (χ3n) is 4.92. The average Bonchev–Trinajstić information content (AvgIpc) is 2.80. The van der Waals surface area contributed by atoms with Gasteiger partial charge in [0, 0.05) is 37.6 Å². The standard InChI is InChI=1S/C21H28N2O2.ClH/c24-16-14-22(15-17-25)12-5-13-23-20-8-3-1-6-18(20)10-11-19-7-2-4-9-21(19)23;/h1-4,6-9,24-25H,5,10-17H2;1H. The highest BCUT2D eigenvalue weighted by Gasteiger charge is 2.19. The van der Waals surface area contributed by atoms with E-state index >= 15 is 0 Å². The van der Waals surface area contributed by atoms with Gasteiger partial charge in [0.25, 0.3) is 0 Å². The Kier molecular flexibility index (Phi) is 8.39. The zero-order valence-electron chi connectivity index (χ0n) is 15.2. The summed E-state index contributed by atoms with van der Waals surface area (Å²) in [6.45, 7) is 3.32. The number of halogens is 1. The number of aliphatic hydroxyl groups excluding tert-OH is 2. The first-order valence-corrected chi connectivity index (χ1v) is 9.21. The van der Waals surface area contributed by atoms with Gasteiger partial charge >= 0.3 is 0 Å². The first-order chi connectivity index (χ1) is 12.3. The van der Waals surface area contributed by atoms with Gasteiger partial charge in [-0.25, -0.2) is 0 Å². The maximum Gasteiger partial charge on any atom is 0.0558 e. The van der Waals surface area contributed by atoms with E-state index in [1.54, 1.807) is 0 Å². The summed E-state index contributed by atoms with van der Waals surface area (Å²) in [4.78, 5) is 4.56. The van der Waals surface area contributed by atoms with Gasteiger partial charge in [-0.15, -0.1) is 12.4 Å². The molecule has 0 aliphatic carbocycles. The van der Waals surface area contributed by atoms with Gasteiger partial charge in [-0.05, 0) is 42.5 Å². The summed E-state index contributed by atoms with van der Waals surface area (Å²) in [5.74, 6) is 0. The van der Waals surface area contributed by atoms with Gasteiger partial charge in [-0.2, -0.15) is 0 Å². The van der Waals surface area contributed by atoms with E-state index in [-0.39, 0.29) is 25.6 Å². The summed E-state index contributed by atoms with van der Waals surface area (Å²) in [6.07, 6.45) is 3.14. The van der Waals surface area contributed by atoms with Crippen LogP contribution in [0.25, 0.3) is 0 Å². The molecular weight excluding hydrogens is 348 g/mol. The largest absolute Gasteiger partial charge is 0.395 e. The van der Waals surface area contributed by atoms with Crippen LogP contribution < -0.4 is 4.90 Å². The van der Waals surface area contributed by atoms with Crippen LogP contribution in [0.2, 0.25) is 0 Å². The molecule has 0 atom stereocenters. The molecule has 0 saturated heterocycles. The van der Waals surface area contributed by atoms with Crippen LogP contribution in [0.5, 0.6) is 0 Å². The first-order valence-electron chi connectivity index (χ1n) is 9.21. The van der Waals surface area contributed by atoms with Crippen LogP contribution in [0.4, 0.5) is 11.4 Å². The minimum absolute atomic E-state index is 0. The fraction of sp³-hybridized carbons (Fsp3) is 0.429. The van der Waals surface area contributed by atoms with Crippen molar-refractivity contribution in [3.05, 3.63) is 59.7 Å². The maximum atomic E-state index is 9.18. The summed E-state index contributed by atoms with van der Waals surface area (Å²) in [5.41, 5.74) is 5.43. The molecule has 0 amide bonds. The molecule has 0 bridgehead atoms. The summed E-state index contributed by atoms with van der Waals surface area (Å²) >= 11 is 0. The zero-order chi connectivity index (χ0) is 17.5. The zero-order valence-corrected chi connectivity index (χ0v) is 16.0. The summed E-state index contributed by atoms with van der Waals surface area (Å²) in [5, 5.41) is 18.4. The fourth-order valence-corrected chi connectivity index (χ4v) is 3.68. The lowest BCUT2D eigenvalue weighted by molar-refractivity contribution is 0.160. The van der Waals surface area contributed by atoms with Crippen molar-refractivity contribution in [1.82, 2.24) is 4.90 Å². The number of aryl methyl sites for hydroxylation is 2. The number of rotatable bonds is 8. The van der Waals surface area contributed by atoms with E-state index in [9.17, 15) is 10.2 Å². The molecule has 2 aromatic rings. The SMILES string of the molecule is Cl.OCCN(CCO)CCCN1c2ccccc2CCc2ccccc21. The van der Waals surface area contributed by atoms with Crippen molar-refractivity contribution in [3.63, 3.8) is 0 Å². The van der Waals surface area contributed by atoms with Gasteiger partial charge in [0.2, 0.25) is 0 Å². The van der Waals surface area contributed by atoms with Crippen molar-refractivity contribution in [3.8, 4) is 0 Å². The second kappa shape index (κ2) is 10.5. The van der Waals surface area contributed by atoms with Crippen molar-refractivity contribution in [1.29, 1.82) is 0 Å². The number of para-hydroxylation sites is 2. The lowest BCUT2D eigenvalue weighted by atomic mass is 10.0. The summed E-state index contributed by atoms with van der Waals surface area (Å²) in [7, 11) is 0. The number of aliphatic hydroxyl groups is 2. The van der Waals surface area contributed by atoms with Crippen LogP contribution in [-0.2, 0) is 12.8 Å². The smallest absolute Gasteiger partial charge is 0.0558 e.